The Bertz CT molecular complexity index is 1100. The molecule has 4 aromatic rings. The first kappa shape index (κ1) is 16.4. The molecular weight excluding hydrogens is 318 g/mol. The molecule has 128 valence electrons. The van der Waals surface area contributed by atoms with Gasteiger partial charge in [-0.05, 0) is 68.1 Å². The van der Waals surface area contributed by atoms with Gasteiger partial charge in [-0.15, -0.1) is 0 Å². The first-order valence-corrected chi connectivity index (χ1v) is 8.81. The molecule has 4 rings (SSSR count). The van der Waals surface area contributed by atoms with Gasteiger partial charge in [0.25, 0.3) is 0 Å². The van der Waals surface area contributed by atoms with Gasteiger partial charge in [-0.1, -0.05) is 30.3 Å². The molecule has 3 heteroatoms. The lowest BCUT2D eigenvalue weighted by Crippen LogP contribution is -1.99. The molecular formula is C23H21N3. The maximum Gasteiger partial charge on any atom is 0.178 e. The van der Waals surface area contributed by atoms with Crippen LogP contribution >= 0.6 is 0 Å². The van der Waals surface area contributed by atoms with Crippen molar-refractivity contribution in [1.82, 2.24) is 15.0 Å². The molecule has 0 aliphatic carbocycles. The zero-order chi connectivity index (χ0) is 18.3. The van der Waals surface area contributed by atoms with Gasteiger partial charge in [-0.25, -0.2) is 15.0 Å². The van der Waals surface area contributed by atoms with Crippen molar-refractivity contribution in [3.05, 3.63) is 77.0 Å². The van der Waals surface area contributed by atoms with E-state index < -0.39 is 0 Å². The summed E-state index contributed by atoms with van der Waals surface area (Å²) < 4.78 is 0. The largest absolute Gasteiger partial charge is 0.244 e. The van der Waals surface area contributed by atoms with E-state index in [9.17, 15) is 0 Å². The van der Waals surface area contributed by atoms with E-state index in [0.29, 0.717) is 5.82 Å². The van der Waals surface area contributed by atoms with Crippen molar-refractivity contribution in [2.45, 2.75) is 27.7 Å². The Morgan fingerprint density at radius 1 is 0.692 bits per heavy atom. The lowest BCUT2D eigenvalue weighted by Gasteiger charge is -2.15. The fraction of sp³-hybridized carbons (Fsp3) is 0.174. The molecule has 0 fully saturated rings. The maximum atomic E-state index is 4.90. The Kier molecular flexibility index (Phi) is 4.00. The van der Waals surface area contributed by atoms with Crippen LogP contribution in [0.3, 0.4) is 0 Å². The third-order valence-electron chi connectivity index (χ3n) is 5.09. The van der Waals surface area contributed by atoms with E-state index in [4.69, 9.17) is 4.98 Å². The molecule has 0 saturated heterocycles. The Hall–Kier alpha value is -3.07. The minimum absolute atomic E-state index is 0.658. The topological polar surface area (TPSA) is 38.7 Å². The zero-order valence-corrected chi connectivity index (χ0v) is 15.5. The van der Waals surface area contributed by atoms with Crippen molar-refractivity contribution in [3.8, 4) is 22.8 Å². The van der Waals surface area contributed by atoms with Crippen molar-refractivity contribution < 1.29 is 0 Å². The van der Waals surface area contributed by atoms with Gasteiger partial charge in [-0.2, -0.15) is 0 Å². The molecule has 26 heavy (non-hydrogen) atoms. The maximum absolute atomic E-state index is 4.90. The molecule has 0 radical (unpaired) electrons. The van der Waals surface area contributed by atoms with Crippen LogP contribution in [0.5, 0.6) is 0 Å². The fourth-order valence-electron chi connectivity index (χ4n) is 3.40. The Labute approximate surface area is 153 Å². The second kappa shape index (κ2) is 6.34. The number of fused-ring (bicyclic) bond motifs is 1. The van der Waals surface area contributed by atoms with Crippen LogP contribution in [0.4, 0.5) is 0 Å². The number of hydrogen-bond donors (Lipinski definition) is 0. The zero-order valence-electron chi connectivity index (χ0n) is 15.5. The molecule has 0 saturated carbocycles. The summed E-state index contributed by atoms with van der Waals surface area (Å²) in [6, 6.07) is 16.3. The molecule has 0 bridgehead atoms. The van der Waals surface area contributed by atoms with E-state index >= 15 is 0 Å². The minimum atomic E-state index is 0.658. The predicted octanol–water partition coefficient (Wildman–Crippen LogP) is 5.59. The summed E-state index contributed by atoms with van der Waals surface area (Å²) in [7, 11) is 0. The van der Waals surface area contributed by atoms with Gasteiger partial charge >= 0.3 is 0 Å². The van der Waals surface area contributed by atoms with Gasteiger partial charge in [0.05, 0.1) is 11.2 Å². The fourth-order valence-corrected chi connectivity index (χ4v) is 3.40. The number of benzene rings is 2. The highest BCUT2D eigenvalue weighted by Gasteiger charge is 2.13. The molecule has 0 N–H and O–H groups in total. The number of aromatic nitrogens is 3. The Morgan fingerprint density at radius 2 is 1.38 bits per heavy atom. The van der Waals surface area contributed by atoms with Crippen molar-refractivity contribution in [3.63, 3.8) is 0 Å². The lowest BCUT2D eigenvalue weighted by molar-refractivity contribution is 1.16. The monoisotopic (exact) mass is 339 g/mol. The normalized spacial score (nSPS) is 11.1. The molecule has 0 aliphatic heterocycles. The van der Waals surface area contributed by atoms with E-state index in [1.165, 1.54) is 27.8 Å². The van der Waals surface area contributed by atoms with Crippen LogP contribution < -0.4 is 0 Å². The quantitative estimate of drug-likeness (QED) is 0.477. The summed E-state index contributed by atoms with van der Waals surface area (Å²) in [5.74, 6) is 0.658. The van der Waals surface area contributed by atoms with E-state index in [-0.39, 0.29) is 0 Å². The molecule has 2 heterocycles. The summed E-state index contributed by atoms with van der Waals surface area (Å²) in [5.41, 5.74) is 9.05. The van der Waals surface area contributed by atoms with Gasteiger partial charge in [0.1, 0.15) is 5.69 Å². The smallest absolute Gasteiger partial charge is 0.178 e. The first-order chi connectivity index (χ1) is 12.5. The highest BCUT2D eigenvalue weighted by molar-refractivity contribution is 5.79. The highest BCUT2D eigenvalue weighted by atomic mass is 14.9. The average Bonchev–Trinajstić information content (AvgIpc) is 2.66. The van der Waals surface area contributed by atoms with Crippen LogP contribution in [0.2, 0.25) is 0 Å². The number of rotatable bonds is 2. The standard InChI is InChI=1S/C23H21N3/c1-14-12-15(2)17(4)22(16(14)3)20-10-7-11-21(25-20)23-24-13-18-8-5-6-9-19(18)26-23/h5-13H,1-4H3. The predicted molar refractivity (Wildman–Crippen MR) is 107 cm³/mol. The number of nitrogens with zero attached hydrogens (tertiary/aromatic N) is 3. The second-order valence-corrected chi connectivity index (χ2v) is 6.80. The minimum Gasteiger partial charge on any atom is -0.244 e. The van der Waals surface area contributed by atoms with E-state index in [2.05, 4.69) is 49.8 Å². The number of aryl methyl sites for hydroxylation is 2. The molecule has 0 atom stereocenters. The Morgan fingerprint density at radius 3 is 2.15 bits per heavy atom. The van der Waals surface area contributed by atoms with Crippen molar-refractivity contribution in [2.75, 3.05) is 0 Å². The van der Waals surface area contributed by atoms with Gasteiger partial charge in [0.15, 0.2) is 5.82 Å². The summed E-state index contributed by atoms with van der Waals surface area (Å²) in [4.78, 5) is 14.1. The van der Waals surface area contributed by atoms with Gasteiger partial charge in [0.2, 0.25) is 0 Å². The lowest BCUT2D eigenvalue weighted by atomic mass is 9.92. The third-order valence-corrected chi connectivity index (χ3v) is 5.09. The van der Waals surface area contributed by atoms with Gasteiger partial charge in [-0.3, -0.25) is 0 Å². The van der Waals surface area contributed by atoms with Crippen LogP contribution in [0.15, 0.2) is 54.7 Å². The van der Waals surface area contributed by atoms with E-state index in [1.807, 2.05) is 42.6 Å². The molecule has 0 amide bonds. The van der Waals surface area contributed by atoms with E-state index in [0.717, 1.165) is 22.3 Å². The van der Waals surface area contributed by atoms with Gasteiger partial charge < -0.3 is 0 Å². The summed E-state index contributed by atoms with van der Waals surface area (Å²) in [6.07, 6.45) is 1.86. The number of hydrogen-bond acceptors (Lipinski definition) is 3. The highest BCUT2D eigenvalue weighted by Crippen LogP contribution is 2.31. The second-order valence-electron chi connectivity index (χ2n) is 6.80. The van der Waals surface area contributed by atoms with Gasteiger partial charge in [0, 0.05) is 17.1 Å². The van der Waals surface area contributed by atoms with Crippen molar-refractivity contribution in [2.24, 2.45) is 0 Å². The molecule has 2 aromatic carbocycles. The average molecular weight is 339 g/mol. The number of pyridine rings is 1. The van der Waals surface area contributed by atoms with Crippen LogP contribution in [0.1, 0.15) is 22.3 Å². The van der Waals surface area contributed by atoms with Crippen LogP contribution in [-0.4, -0.2) is 15.0 Å². The van der Waals surface area contributed by atoms with E-state index in [1.54, 1.807) is 0 Å². The summed E-state index contributed by atoms with van der Waals surface area (Å²) in [6.45, 7) is 8.64. The summed E-state index contributed by atoms with van der Waals surface area (Å²) in [5, 5.41) is 1.04. The molecule has 0 aliphatic rings. The van der Waals surface area contributed by atoms with Crippen LogP contribution in [0, 0.1) is 27.7 Å². The molecule has 3 nitrogen and oxygen atoms in total. The summed E-state index contributed by atoms with van der Waals surface area (Å²) >= 11 is 0. The van der Waals surface area contributed by atoms with Crippen LogP contribution in [-0.2, 0) is 0 Å². The van der Waals surface area contributed by atoms with Crippen LogP contribution in [0.25, 0.3) is 33.7 Å². The number of para-hydroxylation sites is 1. The Balaban J connectivity index is 1.87. The molecule has 0 unspecified atom stereocenters. The SMILES string of the molecule is Cc1cc(C)c(C)c(-c2cccc(-c3ncc4ccccc4n3)n2)c1C. The van der Waals surface area contributed by atoms with Crippen molar-refractivity contribution in [1.29, 1.82) is 0 Å². The molecule has 0 spiro atoms. The molecule has 2 aromatic heterocycles. The van der Waals surface area contributed by atoms with Crippen molar-refractivity contribution >= 4 is 10.9 Å². The third kappa shape index (κ3) is 2.76. The first-order valence-electron chi connectivity index (χ1n) is 8.81.